The molecule has 2 N–H and O–H groups in total. The summed E-state index contributed by atoms with van der Waals surface area (Å²) < 4.78 is 5.43. The number of aromatic nitrogens is 1. The van der Waals surface area contributed by atoms with Crippen molar-refractivity contribution in [1.82, 2.24) is 9.88 Å². The van der Waals surface area contributed by atoms with Crippen LogP contribution >= 0.6 is 11.6 Å². The van der Waals surface area contributed by atoms with E-state index < -0.39 is 11.9 Å². The van der Waals surface area contributed by atoms with E-state index in [1.165, 1.54) is 0 Å². The second-order valence-electron chi connectivity index (χ2n) is 5.24. The minimum atomic E-state index is -1.82. The third-order valence-electron chi connectivity index (χ3n) is 3.21. The molecule has 0 spiro atoms. The van der Waals surface area contributed by atoms with Gasteiger partial charge in [-0.05, 0) is 36.4 Å². The third kappa shape index (κ3) is 9.22. The lowest BCUT2D eigenvalue weighted by molar-refractivity contribution is -0.159. The predicted octanol–water partition coefficient (Wildman–Crippen LogP) is 1.97. The summed E-state index contributed by atoms with van der Waals surface area (Å²) in [4.78, 5) is 36.0. The molecule has 2 aromatic rings. The summed E-state index contributed by atoms with van der Waals surface area (Å²) in [5.74, 6) is -3.09. The highest BCUT2D eigenvalue weighted by Gasteiger charge is 2.10. The van der Waals surface area contributed by atoms with Crippen LogP contribution < -0.4 is 4.74 Å². The van der Waals surface area contributed by atoms with Crippen LogP contribution in [0.2, 0.25) is 5.02 Å². The van der Waals surface area contributed by atoms with Gasteiger partial charge in [-0.1, -0.05) is 17.7 Å². The summed E-state index contributed by atoms with van der Waals surface area (Å²) in [5, 5.41) is 15.4. The van der Waals surface area contributed by atoms with E-state index in [0.717, 1.165) is 12.1 Å². The zero-order valence-electron chi connectivity index (χ0n) is 14.5. The summed E-state index contributed by atoms with van der Waals surface area (Å²) in [6, 6.07) is 12.7. The maximum absolute atomic E-state index is 12.0. The van der Waals surface area contributed by atoms with Crippen molar-refractivity contribution in [3.05, 3.63) is 59.4 Å². The lowest BCUT2D eigenvalue weighted by atomic mass is 10.2. The van der Waals surface area contributed by atoms with Crippen LogP contribution in [0.15, 0.2) is 48.7 Å². The fraction of sp³-hybridized carbons (Fsp3) is 0.222. The Balaban J connectivity index is 0.000000527. The number of carboxylic acids is 2. The number of hydrogen-bond acceptors (Lipinski definition) is 5. The highest BCUT2D eigenvalue weighted by Crippen LogP contribution is 2.15. The number of pyridine rings is 1. The average molecular weight is 395 g/mol. The van der Waals surface area contributed by atoms with Crippen LogP contribution in [0.5, 0.6) is 5.75 Å². The van der Waals surface area contributed by atoms with E-state index >= 15 is 0 Å². The molecule has 1 aromatic heterocycles. The van der Waals surface area contributed by atoms with Crippen LogP contribution in [0.1, 0.15) is 5.69 Å². The Kier molecular flexibility index (Phi) is 9.32. The first-order chi connectivity index (χ1) is 12.8. The van der Waals surface area contributed by atoms with E-state index in [-0.39, 0.29) is 12.5 Å². The monoisotopic (exact) mass is 394 g/mol. The Morgan fingerprint density at radius 3 is 2.22 bits per heavy atom. The smallest absolute Gasteiger partial charge is 0.414 e. The van der Waals surface area contributed by atoms with Crippen LogP contribution in [0.3, 0.4) is 0 Å². The molecule has 1 heterocycles. The van der Waals surface area contributed by atoms with Crippen molar-refractivity contribution in [3.8, 4) is 5.75 Å². The van der Waals surface area contributed by atoms with Crippen molar-refractivity contribution in [2.75, 3.05) is 20.2 Å². The SMILES string of the molecule is CN(CCc1ccccn1)C(=O)COc1ccc(Cl)cc1.O=C(O)C(=O)O. The molecule has 0 saturated heterocycles. The lowest BCUT2D eigenvalue weighted by Crippen LogP contribution is -2.33. The van der Waals surface area contributed by atoms with E-state index in [0.29, 0.717) is 17.3 Å². The van der Waals surface area contributed by atoms with Crippen LogP contribution in [0.25, 0.3) is 0 Å². The van der Waals surface area contributed by atoms with Crippen molar-refractivity contribution < 1.29 is 29.3 Å². The number of benzene rings is 1. The van der Waals surface area contributed by atoms with Gasteiger partial charge in [-0.3, -0.25) is 9.78 Å². The zero-order valence-corrected chi connectivity index (χ0v) is 15.3. The van der Waals surface area contributed by atoms with Gasteiger partial charge >= 0.3 is 11.9 Å². The summed E-state index contributed by atoms with van der Waals surface area (Å²) in [5.41, 5.74) is 0.968. The van der Waals surface area contributed by atoms with Crippen LogP contribution in [0, 0.1) is 0 Å². The van der Waals surface area contributed by atoms with Gasteiger partial charge in [0.2, 0.25) is 0 Å². The second kappa shape index (κ2) is 11.5. The van der Waals surface area contributed by atoms with E-state index in [1.54, 1.807) is 42.4 Å². The predicted molar refractivity (Wildman–Crippen MR) is 97.8 cm³/mol. The van der Waals surface area contributed by atoms with Crippen molar-refractivity contribution >= 4 is 29.4 Å². The maximum atomic E-state index is 12.0. The number of rotatable bonds is 6. The molecule has 0 saturated carbocycles. The Labute approximate surface area is 161 Å². The Morgan fingerprint density at radius 1 is 1.07 bits per heavy atom. The molecular weight excluding hydrogens is 376 g/mol. The average Bonchev–Trinajstić information content (AvgIpc) is 2.66. The number of aliphatic carboxylic acids is 2. The summed E-state index contributed by atoms with van der Waals surface area (Å²) in [6.45, 7) is 0.625. The largest absolute Gasteiger partial charge is 0.484 e. The highest BCUT2D eigenvalue weighted by molar-refractivity contribution is 6.30. The minimum absolute atomic E-state index is 0.0142. The fourth-order valence-corrected chi connectivity index (χ4v) is 1.87. The Bertz CT molecular complexity index is 740. The van der Waals surface area contributed by atoms with Gasteiger partial charge < -0.3 is 19.8 Å². The van der Waals surface area contributed by atoms with E-state index in [2.05, 4.69) is 4.98 Å². The number of hydrogen-bond donors (Lipinski definition) is 2. The van der Waals surface area contributed by atoms with Crippen LogP contribution in [-0.2, 0) is 20.8 Å². The number of ether oxygens (including phenoxy) is 1. The van der Waals surface area contributed by atoms with Gasteiger partial charge in [0, 0.05) is 36.9 Å². The number of carbonyl (C=O) groups excluding carboxylic acids is 1. The summed E-state index contributed by atoms with van der Waals surface area (Å²) >= 11 is 5.79. The molecule has 27 heavy (non-hydrogen) atoms. The van der Waals surface area contributed by atoms with Gasteiger partial charge in [-0.2, -0.15) is 0 Å². The second-order valence-corrected chi connectivity index (χ2v) is 5.68. The fourth-order valence-electron chi connectivity index (χ4n) is 1.74. The highest BCUT2D eigenvalue weighted by atomic mass is 35.5. The molecule has 0 radical (unpaired) electrons. The molecule has 0 aliphatic carbocycles. The number of carbonyl (C=O) groups is 3. The van der Waals surface area contributed by atoms with Gasteiger partial charge in [0.1, 0.15) is 5.75 Å². The van der Waals surface area contributed by atoms with Gasteiger partial charge in [0.05, 0.1) is 0 Å². The summed E-state index contributed by atoms with van der Waals surface area (Å²) in [6.07, 6.45) is 2.48. The van der Waals surface area contributed by atoms with Crippen LogP contribution in [0.4, 0.5) is 0 Å². The first-order valence-corrected chi connectivity index (χ1v) is 8.16. The molecule has 0 atom stereocenters. The number of nitrogens with zero attached hydrogens (tertiary/aromatic N) is 2. The number of likely N-dealkylation sites (N-methyl/N-ethyl adjacent to an activating group) is 1. The van der Waals surface area contributed by atoms with E-state index in [1.807, 2.05) is 18.2 Å². The molecule has 0 unspecified atom stereocenters. The molecule has 0 bridgehead atoms. The third-order valence-corrected chi connectivity index (χ3v) is 3.47. The van der Waals surface area contributed by atoms with Gasteiger partial charge in [-0.15, -0.1) is 0 Å². The van der Waals surface area contributed by atoms with Crippen molar-refractivity contribution in [2.45, 2.75) is 6.42 Å². The number of carboxylic acid groups (broad SMARTS) is 2. The van der Waals surface area contributed by atoms with E-state index in [4.69, 9.17) is 36.1 Å². The first-order valence-electron chi connectivity index (χ1n) is 7.78. The molecule has 144 valence electrons. The lowest BCUT2D eigenvalue weighted by Gasteiger charge is -2.17. The first kappa shape index (κ1) is 21.9. The van der Waals surface area contributed by atoms with Gasteiger partial charge in [-0.25, -0.2) is 9.59 Å². The molecule has 2 rings (SSSR count). The standard InChI is InChI=1S/C16H17ClN2O2.C2H2O4/c1-19(11-9-14-4-2-3-10-18-14)16(20)12-21-15-7-5-13(17)6-8-15;3-1(4)2(5)6/h2-8,10H,9,11-12H2,1H3;(H,3,4)(H,5,6). The Morgan fingerprint density at radius 2 is 1.70 bits per heavy atom. The normalized spacial score (nSPS) is 9.56. The number of halogens is 1. The van der Waals surface area contributed by atoms with E-state index in [9.17, 15) is 4.79 Å². The summed E-state index contributed by atoms with van der Waals surface area (Å²) in [7, 11) is 1.76. The van der Waals surface area contributed by atoms with Crippen molar-refractivity contribution in [1.29, 1.82) is 0 Å². The topological polar surface area (TPSA) is 117 Å². The number of amides is 1. The molecule has 0 aliphatic heterocycles. The molecule has 0 fully saturated rings. The quantitative estimate of drug-likeness (QED) is 0.719. The molecule has 9 heteroatoms. The molecular formula is C18H19ClN2O6. The van der Waals surface area contributed by atoms with Gasteiger partial charge in [0.25, 0.3) is 5.91 Å². The molecule has 1 aromatic carbocycles. The molecule has 0 aliphatic rings. The zero-order chi connectivity index (χ0) is 20.2. The minimum Gasteiger partial charge on any atom is -0.484 e. The molecule has 1 amide bonds. The van der Waals surface area contributed by atoms with Crippen LogP contribution in [-0.4, -0.2) is 58.1 Å². The molecule has 8 nitrogen and oxygen atoms in total. The van der Waals surface area contributed by atoms with Gasteiger partial charge in [0.15, 0.2) is 6.61 Å². The maximum Gasteiger partial charge on any atom is 0.414 e. The Hall–Kier alpha value is -3.13. The van der Waals surface area contributed by atoms with Crippen molar-refractivity contribution in [3.63, 3.8) is 0 Å². The van der Waals surface area contributed by atoms with Crippen molar-refractivity contribution in [2.24, 2.45) is 0 Å².